The number of hydrogen-bond acceptors (Lipinski definition) is 5. The minimum atomic E-state index is -0.470. The van der Waals surface area contributed by atoms with Crippen LogP contribution < -0.4 is 25.1 Å². The minimum Gasteiger partial charge on any atom is -0.493 e. The molecule has 0 fully saturated rings. The van der Waals surface area contributed by atoms with Crippen molar-refractivity contribution < 1.29 is 19.0 Å². The van der Waals surface area contributed by atoms with Gasteiger partial charge in [0.15, 0.2) is 11.5 Å². The molecule has 0 aliphatic heterocycles. The normalized spacial score (nSPS) is 10.0. The predicted octanol–water partition coefficient (Wildman–Crippen LogP) is 0.981. The van der Waals surface area contributed by atoms with Gasteiger partial charge in [0.05, 0.1) is 21.3 Å². The lowest BCUT2D eigenvalue weighted by atomic mass is 10.2. The van der Waals surface area contributed by atoms with Crippen molar-refractivity contribution in [1.29, 1.82) is 0 Å². The number of aromatic amines is 2. The smallest absolute Gasteiger partial charge is 0.273 e. The van der Waals surface area contributed by atoms with E-state index in [9.17, 15) is 9.59 Å². The zero-order valence-electron chi connectivity index (χ0n) is 11.8. The van der Waals surface area contributed by atoms with Gasteiger partial charge in [-0.1, -0.05) is 0 Å². The third-order valence-corrected chi connectivity index (χ3v) is 2.76. The van der Waals surface area contributed by atoms with E-state index in [0.29, 0.717) is 22.9 Å². The molecule has 0 bridgehead atoms. The molecule has 1 aromatic heterocycles. The first-order chi connectivity index (χ1) is 10.1. The van der Waals surface area contributed by atoms with Gasteiger partial charge in [-0.3, -0.25) is 19.8 Å². The summed E-state index contributed by atoms with van der Waals surface area (Å²) < 4.78 is 15.6. The topological polar surface area (TPSA) is 105 Å². The van der Waals surface area contributed by atoms with Crippen LogP contribution in [0.15, 0.2) is 23.0 Å². The third kappa shape index (κ3) is 2.99. The van der Waals surface area contributed by atoms with Crippen LogP contribution >= 0.6 is 0 Å². The molecule has 3 N–H and O–H groups in total. The molecule has 0 saturated carbocycles. The second-order valence-corrected chi connectivity index (χ2v) is 4.04. The highest BCUT2D eigenvalue weighted by Crippen LogP contribution is 2.39. The first-order valence-electron chi connectivity index (χ1n) is 5.98. The summed E-state index contributed by atoms with van der Waals surface area (Å²) in [5, 5.41) is 7.38. The Bertz CT molecular complexity index is 679. The van der Waals surface area contributed by atoms with E-state index in [0.717, 1.165) is 6.07 Å². The van der Waals surface area contributed by atoms with Gasteiger partial charge < -0.3 is 19.5 Å². The SMILES string of the molecule is COc1cc(NC(=O)c2cc(=O)[nH][nH]2)cc(OC)c1OC. The van der Waals surface area contributed by atoms with Crippen LogP contribution in [0.4, 0.5) is 5.69 Å². The van der Waals surface area contributed by atoms with Gasteiger partial charge in [-0.15, -0.1) is 0 Å². The Kier molecular flexibility index (Phi) is 4.17. The fraction of sp³-hybridized carbons (Fsp3) is 0.231. The van der Waals surface area contributed by atoms with E-state index in [4.69, 9.17) is 14.2 Å². The Hall–Kier alpha value is -2.90. The number of ether oxygens (including phenoxy) is 3. The Balaban J connectivity index is 2.32. The first kappa shape index (κ1) is 14.5. The first-order valence-corrected chi connectivity index (χ1v) is 5.98. The van der Waals surface area contributed by atoms with Crippen LogP contribution in [-0.4, -0.2) is 37.4 Å². The lowest BCUT2D eigenvalue weighted by Crippen LogP contribution is -2.13. The van der Waals surface area contributed by atoms with E-state index in [2.05, 4.69) is 15.5 Å². The van der Waals surface area contributed by atoms with Gasteiger partial charge in [0.2, 0.25) is 5.75 Å². The summed E-state index contributed by atoms with van der Waals surface area (Å²) in [6.45, 7) is 0. The molecule has 0 atom stereocenters. The highest BCUT2D eigenvalue weighted by Gasteiger charge is 2.15. The quantitative estimate of drug-likeness (QED) is 0.762. The van der Waals surface area contributed by atoms with Crippen LogP contribution in [-0.2, 0) is 0 Å². The van der Waals surface area contributed by atoms with Crippen molar-refractivity contribution in [2.24, 2.45) is 0 Å². The number of carbonyl (C=O) groups excluding carboxylic acids is 1. The minimum absolute atomic E-state index is 0.119. The number of methoxy groups -OCH3 is 3. The molecule has 8 heteroatoms. The summed E-state index contributed by atoms with van der Waals surface area (Å²) in [6, 6.07) is 4.33. The molecule has 8 nitrogen and oxygen atoms in total. The van der Waals surface area contributed by atoms with E-state index < -0.39 is 5.91 Å². The number of H-pyrrole nitrogens is 2. The van der Waals surface area contributed by atoms with E-state index >= 15 is 0 Å². The van der Waals surface area contributed by atoms with Crippen LogP contribution in [0.3, 0.4) is 0 Å². The van der Waals surface area contributed by atoms with Gasteiger partial charge in [-0.25, -0.2) is 0 Å². The lowest BCUT2D eigenvalue weighted by Gasteiger charge is -2.14. The lowest BCUT2D eigenvalue weighted by molar-refractivity contribution is 0.102. The number of carbonyl (C=O) groups is 1. The fourth-order valence-corrected chi connectivity index (χ4v) is 1.81. The standard InChI is InChI=1S/C13H15N3O5/c1-19-9-4-7(5-10(20-2)12(9)21-3)14-13(18)8-6-11(17)16-15-8/h4-6H,1-3H3,(H,14,18)(H2,15,16,17). The molecule has 1 amide bonds. The van der Waals surface area contributed by atoms with E-state index in [1.165, 1.54) is 21.3 Å². The van der Waals surface area contributed by atoms with Gasteiger partial charge >= 0.3 is 0 Å². The summed E-state index contributed by atoms with van der Waals surface area (Å²) >= 11 is 0. The number of nitrogens with one attached hydrogen (secondary N) is 3. The molecule has 0 aliphatic carbocycles. The monoisotopic (exact) mass is 293 g/mol. The summed E-state index contributed by atoms with van der Waals surface area (Å²) in [6.07, 6.45) is 0. The molecule has 21 heavy (non-hydrogen) atoms. The Morgan fingerprint density at radius 1 is 1.00 bits per heavy atom. The summed E-state index contributed by atoms with van der Waals surface area (Å²) in [5.74, 6) is 0.778. The maximum absolute atomic E-state index is 12.0. The average molecular weight is 293 g/mol. The van der Waals surface area contributed by atoms with Crippen molar-refractivity contribution in [3.05, 3.63) is 34.2 Å². The molecule has 0 saturated heterocycles. The van der Waals surface area contributed by atoms with E-state index in [-0.39, 0.29) is 11.3 Å². The summed E-state index contributed by atoms with van der Waals surface area (Å²) in [4.78, 5) is 23.0. The predicted molar refractivity (Wildman–Crippen MR) is 75.5 cm³/mol. The van der Waals surface area contributed by atoms with Crippen molar-refractivity contribution in [2.75, 3.05) is 26.6 Å². The Morgan fingerprint density at radius 2 is 1.62 bits per heavy atom. The number of anilines is 1. The number of hydrogen-bond donors (Lipinski definition) is 3. The molecule has 1 heterocycles. The van der Waals surface area contributed by atoms with Gasteiger partial charge in [-0.2, -0.15) is 0 Å². The maximum Gasteiger partial charge on any atom is 0.273 e. The molecule has 0 aliphatic rings. The summed E-state index contributed by atoms with van der Waals surface area (Å²) in [5.41, 5.74) is 0.176. The van der Waals surface area contributed by atoms with Crippen LogP contribution in [0.25, 0.3) is 0 Å². The molecular formula is C13H15N3O5. The molecule has 112 valence electrons. The molecule has 0 unspecified atom stereocenters. The van der Waals surface area contributed by atoms with Crippen molar-refractivity contribution in [3.63, 3.8) is 0 Å². The molecule has 0 radical (unpaired) electrons. The number of aromatic nitrogens is 2. The van der Waals surface area contributed by atoms with Crippen LogP contribution in [0.1, 0.15) is 10.5 Å². The maximum atomic E-state index is 12.0. The third-order valence-electron chi connectivity index (χ3n) is 2.76. The van der Waals surface area contributed by atoms with Crippen LogP contribution in [0.5, 0.6) is 17.2 Å². The fourth-order valence-electron chi connectivity index (χ4n) is 1.81. The van der Waals surface area contributed by atoms with Crippen LogP contribution in [0, 0.1) is 0 Å². The van der Waals surface area contributed by atoms with Crippen molar-refractivity contribution in [1.82, 2.24) is 10.2 Å². The molecule has 0 spiro atoms. The van der Waals surface area contributed by atoms with Crippen molar-refractivity contribution >= 4 is 11.6 Å². The van der Waals surface area contributed by atoms with Crippen molar-refractivity contribution in [3.8, 4) is 17.2 Å². The average Bonchev–Trinajstić information content (AvgIpc) is 2.92. The number of rotatable bonds is 5. The molecule has 2 aromatic rings. The Morgan fingerprint density at radius 3 is 2.05 bits per heavy atom. The van der Waals surface area contributed by atoms with Gasteiger partial charge in [-0.05, 0) is 0 Å². The van der Waals surface area contributed by atoms with Gasteiger partial charge in [0.1, 0.15) is 5.69 Å². The van der Waals surface area contributed by atoms with Crippen LogP contribution in [0.2, 0.25) is 0 Å². The molecule has 1 aromatic carbocycles. The van der Waals surface area contributed by atoms with E-state index in [1.807, 2.05) is 0 Å². The highest BCUT2D eigenvalue weighted by molar-refractivity contribution is 6.03. The van der Waals surface area contributed by atoms with Crippen molar-refractivity contribution in [2.45, 2.75) is 0 Å². The second-order valence-electron chi connectivity index (χ2n) is 4.04. The summed E-state index contributed by atoms with van der Waals surface area (Å²) in [7, 11) is 4.45. The molecular weight excluding hydrogens is 278 g/mol. The number of benzene rings is 1. The Labute approximate surface area is 120 Å². The highest BCUT2D eigenvalue weighted by atomic mass is 16.5. The zero-order valence-corrected chi connectivity index (χ0v) is 11.8. The number of amides is 1. The van der Waals surface area contributed by atoms with Gasteiger partial charge in [0, 0.05) is 23.9 Å². The zero-order chi connectivity index (χ0) is 15.4. The largest absolute Gasteiger partial charge is 0.493 e. The van der Waals surface area contributed by atoms with E-state index in [1.54, 1.807) is 12.1 Å². The molecule has 2 rings (SSSR count). The van der Waals surface area contributed by atoms with Gasteiger partial charge in [0.25, 0.3) is 11.5 Å². The second kappa shape index (κ2) is 6.04.